The van der Waals surface area contributed by atoms with Gasteiger partial charge in [-0.1, -0.05) is 24.3 Å². The van der Waals surface area contributed by atoms with Crippen LogP contribution in [0.3, 0.4) is 0 Å². The number of nitrogens with two attached hydrogens (primary N) is 1. The average molecular weight is 270 g/mol. The lowest BCUT2D eigenvalue weighted by molar-refractivity contribution is 0.461. The Kier molecular flexibility index (Phi) is 2.72. The molecule has 4 atom stereocenters. The van der Waals surface area contributed by atoms with Crippen molar-refractivity contribution in [2.75, 3.05) is 0 Å². The first-order chi connectivity index (χ1) is 9.40. The summed E-state index contributed by atoms with van der Waals surface area (Å²) in [6.45, 7) is 0. The van der Waals surface area contributed by atoms with Crippen molar-refractivity contribution >= 4 is 11.3 Å². The normalized spacial score (nSPS) is 29.4. The largest absolute Gasteiger partial charge is 0.271 e. The average Bonchev–Trinajstić information content (AvgIpc) is 2.92. The summed E-state index contributed by atoms with van der Waals surface area (Å²) in [7, 11) is 0. The molecule has 3 heteroatoms. The fourth-order valence-corrected chi connectivity index (χ4v) is 4.65. The molecule has 4 unspecified atom stereocenters. The quantitative estimate of drug-likeness (QED) is 0.664. The van der Waals surface area contributed by atoms with Crippen LogP contribution in [0.15, 0.2) is 41.1 Å². The Balaban J connectivity index is 1.66. The highest BCUT2D eigenvalue weighted by molar-refractivity contribution is 7.07. The minimum absolute atomic E-state index is 0.312. The van der Waals surface area contributed by atoms with Gasteiger partial charge in [-0.05, 0) is 64.1 Å². The lowest BCUT2D eigenvalue weighted by atomic mass is 9.92. The molecule has 2 aliphatic carbocycles. The molecule has 19 heavy (non-hydrogen) atoms. The van der Waals surface area contributed by atoms with E-state index in [-0.39, 0.29) is 0 Å². The molecule has 1 saturated carbocycles. The first-order valence-electron chi connectivity index (χ1n) is 6.96. The molecule has 2 aliphatic rings. The van der Waals surface area contributed by atoms with Crippen LogP contribution in [-0.4, -0.2) is 0 Å². The molecule has 98 valence electrons. The number of hydrogen-bond acceptors (Lipinski definition) is 3. The van der Waals surface area contributed by atoms with E-state index in [0.717, 1.165) is 5.92 Å². The number of thiophene rings is 1. The molecule has 0 saturated heterocycles. The minimum atomic E-state index is 0.312. The summed E-state index contributed by atoms with van der Waals surface area (Å²) in [4.78, 5) is 0. The molecule has 1 aromatic carbocycles. The number of nitrogens with one attached hydrogen (secondary N) is 1. The van der Waals surface area contributed by atoms with Crippen LogP contribution in [-0.2, 0) is 6.42 Å². The fraction of sp³-hybridized carbons (Fsp3) is 0.375. The molecule has 0 bridgehead atoms. The predicted octanol–water partition coefficient (Wildman–Crippen LogP) is 3.23. The van der Waals surface area contributed by atoms with Crippen molar-refractivity contribution in [2.45, 2.75) is 24.8 Å². The highest BCUT2D eigenvalue weighted by atomic mass is 32.1. The summed E-state index contributed by atoms with van der Waals surface area (Å²) in [6.07, 6.45) is 2.55. The number of fused-ring (bicyclic) bond motifs is 3. The first kappa shape index (κ1) is 11.6. The van der Waals surface area contributed by atoms with Gasteiger partial charge in [-0.3, -0.25) is 11.3 Å². The second-order valence-corrected chi connectivity index (χ2v) is 6.49. The summed E-state index contributed by atoms with van der Waals surface area (Å²) in [5.74, 6) is 8.03. The molecular weight excluding hydrogens is 252 g/mol. The van der Waals surface area contributed by atoms with Crippen LogP contribution in [0.4, 0.5) is 0 Å². The van der Waals surface area contributed by atoms with E-state index in [4.69, 9.17) is 5.84 Å². The SMILES string of the molecule is NNC(c1ccsc1)C1C2CCc3ccccc3C21. The van der Waals surface area contributed by atoms with Crippen LogP contribution < -0.4 is 11.3 Å². The van der Waals surface area contributed by atoms with Gasteiger partial charge in [0.2, 0.25) is 0 Å². The molecule has 1 heterocycles. The van der Waals surface area contributed by atoms with Crippen molar-refractivity contribution in [1.82, 2.24) is 5.43 Å². The molecule has 4 rings (SSSR count). The maximum atomic E-state index is 5.83. The molecule has 0 amide bonds. The summed E-state index contributed by atoms with van der Waals surface area (Å²) < 4.78 is 0. The van der Waals surface area contributed by atoms with Crippen LogP contribution in [0.25, 0.3) is 0 Å². The molecule has 1 aromatic heterocycles. The maximum absolute atomic E-state index is 5.83. The van der Waals surface area contributed by atoms with Gasteiger partial charge in [-0.25, -0.2) is 0 Å². The third-order valence-electron chi connectivity index (χ3n) is 4.86. The van der Waals surface area contributed by atoms with E-state index in [0.29, 0.717) is 17.9 Å². The van der Waals surface area contributed by atoms with Gasteiger partial charge in [-0.2, -0.15) is 11.3 Å². The van der Waals surface area contributed by atoms with Crippen molar-refractivity contribution in [3.8, 4) is 0 Å². The standard InChI is InChI=1S/C16H18N2S/c17-18-16(11-7-8-19-9-11)15-13-6-5-10-3-1-2-4-12(10)14(13)15/h1-4,7-9,13-16,18H,5-6,17H2. The molecular formula is C16H18N2S. The van der Waals surface area contributed by atoms with Crippen LogP contribution in [0.1, 0.15) is 35.1 Å². The molecule has 0 spiro atoms. The summed E-state index contributed by atoms with van der Waals surface area (Å²) in [5, 5.41) is 4.36. The Hall–Kier alpha value is -1.16. The highest BCUT2D eigenvalue weighted by Crippen LogP contribution is 2.64. The van der Waals surface area contributed by atoms with Crippen molar-refractivity contribution in [3.63, 3.8) is 0 Å². The van der Waals surface area contributed by atoms with E-state index in [1.807, 2.05) is 0 Å². The van der Waals surface area contributed by atoms with Crippen molar-refractivity contribution in [1.29, 1.82) is 0 Å². The van der Waals surface area contributed by atoms with E-state index in [2.05, 4.69) is 46.5 Å². The zero-order chi connectivity index (χ0) is 12.8. The van der Waals surface area contributed by atoms with E-state index in [9.17, 15) is 0 Å². The Labute approximate surface area is 117 Å². The zero-order valence-electron chi connectivity index (χ0n) is 10.8. The lowest BCUT2D eigenvalue weighted by Crippen LogP contribution is -2.29. The molecule has 2 nitrogen and oxygen atoms in total. The third kappa shape index (κ3) is 1.76. The second kappa shape index (κ2) is 4.44. The van der Waals surface area contributed by atoms with E-state index in [1.165, 1.54) is 18.4 Å². The van der Waals surface area contributed by atoms with Crippen molar-refractivity contribution < 1.29 is 0 Å². The highest BCUT2D eigenvalue weighted by Gasteiger charge is 2.56. The topological polar surface area (TPSA) is 38.0 Å². The van der Waals surface area contributed by atoms with Gasteiger partial charge in [-0.15, -0.1) is 0 Å². The molecule has 3 N–H and O–H groups in total. The summed E-state index contributed by atoms with van der Waals surface area (Å²) >= 11 is 1.75. The Morgan fingerprint density at radius 2 is 2.16 bits per heavy atom. The van der Waals surface area contributed by atoms with E-state index < -0.39 is 0 Å². The van der Waals surface area contributed by atoms with Crippen molar-refractivity contribution in [3.05, 3.63) is 57.8 Å². The van der Waals surface area contributed by atoms with Crippen LogP contribution in [0.5, 0.6) is 0 Å². The van der Waals surface area contributed by atoms with Crippen LogP contribution in [0, 0.1) is 11.8 Å². The number of benzene rings is 1. The fourth-order valence-electron chi connectivity index (χ4n) is 3.96. The Morgan fingerprint density at radius 3 is 2.95 bits per heavy atom. The number of aryl methyl sites for hydroxylation is 1. The van der Waals surface area contributed by atoms with Gasteiger partial charge in [0.1, 0.15) is 0 Å². The monoisotopic (exact) mass is 270 g/mol. The van der Waals surface area contributed by atoms with Crippen LogP contribution in [0.2, 0.25) is 0 Å². The first-order valence-corrected chi connectivity index (χ1v) is 7.90. The molecule has 1 fully saturated rings. The zero-order valence-corrected chi connectivity index (χ0v) is 11.6. The Morgan fingerprint density at radius 1 is 1.26 bits per heavy atom. The van der Waals surface area contributed by atoms with Gasteiger partial charge >= 0.3 is 0 Å². The van der Waals surface area contributed by atoms with Gasteiger partial charge < -0.3 is 0 Å². The van der Waals surface area contributed by atoms with Gasteiger partial charge in [0.05, 0.1) is 6.04 Å². The van der Waals surface area contributed by atoms with Gasteiger partial charge in [0, 0.05) is 0 Å². The smallest absolute Gasteiger partial charge is 0.0505 e. The Bertz CT molecular complexity index is 578. The summed E-state index contributed by atoms with van der Waals surface area (Å²) in [6, 6.07) is 11.4. The summed E-state index contributed by atoms with van der Waals surface area (Å²) in [5.41, 5.74) is 7.53. The number of hydrazine groups is 1. The van der Waals surface area contributed by atoms with Crippen molar-refractivity contribution in [2.24, 2.45) is 17.7 Å². The third-order valence-corrected chi connectivity index (χ3v) is 5.56. The lowest BCUT2D eigenvalue weighted by Gasteiger charge is -2.15. The molecule has 0 radical (unpaired) electrons. The second-order valence-electron chi connectivity index (χ2n) is 5.71. The number of hydrogen-bond donors (Lipinski definition) is 2. The minimum Gasteiger partial charge on any atom is -0.271 e. The van der Waals surface area contributed by atoms with E-state index >= 15 is 0 Å². The maximum Gasteiger partial charge on any atom is 0.0505 e. The van der Waals surface area contributed by atoms with E-state index in [1.54, 1.807) is 22.5 Å². The van der Waals surface area contributed by atoms with Gasteiger partial charge in [0.15, 0.2) is 0 Å². The van der Waals surface area contributed by atoms with Gasteiger partial charge in [0.25, 0.3) is 0 Å². The predicted molar refractivity (Wildman–Crippen MR) is 78.9 cm³/mol. The molecule has 0 aliphatic heterocycles. The number of rotatable bonds is 3. The van der Waals surface area contributed by atoms with Crippen LogP contribution >= 0.6 is 11.3 Å². The molecule has 2 aromatic rings.